The van der Waals surface area contributed by atoms with E-state index in [1.165, 1.54) is 16.4 Å². The van der Waals surface area contributed by atoms with E-state index in [9.17, 15) is 16.8 Å². The third-order valence-electron chi connectivity index (χ3n) is 4.00. The Kier molecular flexibility index (Phi) is 4.27. The molecule has 0 aromatic heterocycles. The molecule has 0 saturated carbocycles. The van der Waals surface area contributed by atoms with E-state index < -0.39 is 25.1 Å². The molecular weight excluding hydrogens is 334 g/mol. The van der Waals surface area contributed by atoms with Gasteiger partial charge in [0.1, 0.15) is 0 Å². The first-order valence-corrected chi connectivity index (χ1v) is 10.2. The summed E-state index contributed by atoms with van der Waals surface area (Å²) < 4.78 is 51.7. The van der Waals surface area contributed by atoms with Gasteiger partial charge in [0.2, 0.25) is 10.0 Å². The highest BCUT2D eigenvalue weighted by atomic mass is 32.2. The van der Waals surface area contributed by atoms with Crippen LogP contribution in [0, 0.1) is 0 Å². The van der Waals surface area contributed by atoms with Crippen molar-refractivity contribution in [2.45, 2.75) is 21.5 Å². The quantitative estimate of drug-likeness (QED) is 0.844. The number of rotatable bonds is 4. The zero-order chi connectivity index (χ0) is 16.5. The molecule has 122 valence electrons. The Bertz CT molecular complexity index is 803. The minimum Gasteiger partial charge on any atom is -0.223 e. The van der Waals surface area contributed by atoms with E-state index in [1.54, 1.807) is 48.5 Å². The number of nitrogens with zero attached hydrogens (tertiary/aromatic N) is 1. The largest absolute Gasteiger partial charge is 0.243 e. The van der Waals surface area contributed by atoms with E-state index in [2.05, 4.69) is 0 Å². The van der Waals surface area contributed by atoms with Crippen molar-refractivity contribution in [3.05, 3.63) is 60.7 Å². The average molecular weight is 351 g/mol. The minimum atomic E-state index is -3.65. The third-order valence-corrected chi connectivity index (χ3v) is 8.07. The lowest BCUT2D eigenvalue weighted by atomic mass is 10.4. The molecule has 2 aromatic rings. The fourth-order valence-corrected chi connectivity index (χ4v) is 6.04. The Balaban J connectivity index is 1.85. The molecule has 1 unspecified atom stereocenters. The maximum atomic E-state index is 12.6. The van der Waals surface area contributed by atoms with Crippen LogP contribution in [0.25, 0.3) is 0 Å². The van der Waals surface area contributed by atoms with Crippen molar-refractivity contribution in [2.75, 3.05) is 13.1 Å². The van der Waals surface area contributed by atoms with Crippen molar-refractivity contribution < 1.29 is 16.8 Å². The van der Waals surface area contributed by atoms with Crippen LogP contribution in [0.15, 0.2) is 70.5 Å². The van der Waals surface area contributed by atoms with E-state index in [1.807, 2.05) is 0 Å². The smallest absolute Gasteiger partial charge is 0.223 e. The monoisotopic (exact) mass is 351 g/mol. The molecule has 1 fully saturated rings. The van der Waals surface area contributed by atoms with Crippen LogP contribution >= 0.6 is 0 Å². The van der Waals surface area contributed by atoms with Gasteiger partial charge in [0.15, 0.2) is 9.84 Å². The second kappa shape index (κ2) is 6.07. The van der Waals surface area contributed by atoms with Crippen LogP contribution in [-0.2, 0) is 19.9 Å². The van der Waals surface area contributed by atoms with Crippen LogP contribution in [0.5, 0.6) is 0 Å². The topological polar surface area (TPSA) is 71.5 Å². The highest BCUT2D eigenvalue weighted by Gasteiger charge is 2.39. The lowest BCUT2D eigenvalue weighted by molar-refractivity contribution is 0.476. The second-order valence-corrected chi connectivity index (χ2v) is 9.61. The van der Waals surface area contributed by atoms with Gasteiger partial charge in [-0.25, -0.2) is 16.8 Å². The summed E-state index contributed by atoms with van der Waals surface area (Å²) in [6, 6.07) is 16.3. The molecule has 23 heavy (non-hydrogen) atoms. The van der Waals surface area contributed by atoms with Crippen LogP contribution in [-0.4, -0.2) is 39.5 Å². The lowest BCUT2D eigenvalue weighted by Gasteiger charge is -2.17. The Hall–Kier alpha value is -1.70. The van der Waals surface area contributed by atoms with E-state index in [4.69, 9.17) is 0 Å². The SMILES string of the molecule is O=S(=O)(c1ccccc1)C1CCN(S(=O)(=O)c2ccccc2)C1. The van der Waals surface area contributed by atoms with Crippen LogP contribution in [0.1, 0.15) is 6.42 Å². The zero-order valence-electron chi connectivity index (χ0n) is 12.4. The van der Waals surface area contributed by atoms with Gasteiger partial charge >= 0.3 is 0 Å². The summed E-state index contributed by atoms with van der Waals surface area (Å²) in [7, 11) is -7.17. The summed E-state index contributed by atoms with van der Waals surface area (Å²) in [4.78, 5) is 0.432. The van der Waals surface area contributed by atoms with Gasteiger partial charge in [0.05, 0.1) is 15.0 Å². The van der Waals surface area contributed by atoms with E-state index in [0.29, 0.717) is 6.42 Å². The summed E-state index contributed by atoms with van der Waals surface area (Å²) in [5.74, 6) is 0. The lowest BCUT2D eigenvalue weighted by Crippen LogP contribution is -2.32. The maximum absolute atomic E-state index is 12.6. The van der Waals surface area contributed by atoms with Crippen LogP contribution < -0.4 is 0 Å². The summed E-state index contributed by atoms with van der Waals surface area (Å²) in [5.41, 5.74) is 0. The van der Waals surface area contributed by atoms with E-state index >= 15 is 0 Å². The summed E-state index contributed by atoms with van der Waals surface area (Å²) in [5, 5.41) is -0.705. The van der Waals surface area contributed by atoms with Crippen molar-refractivity contribution in [1.29, 1.82) is 0 Å². The Morgan fingerprint density at radius 2 is 1.30 bits per heavy atom. The van der Waals surface area contributed by atoms with Crippen LogP contribution in [0.4, 0.5) is 0 Å². The molecule has 1 aliphatic rings. The first kappa shape index (κ1) is 16.2. The molecule has 0 bridgehead atoms. The fourth-order valence-electron chi connectivity index (χ4n) is 2.71. The number of sulfone groups is 1. The first-order valence-electron chi connectivity index (χ1n) is 7.26. The molecule has 0 amide bonds. The molecule has 0 aliphatic carbocycles. The van der Waals surface area contributed by atoms with Gasteiger partial charge in [-0.3, -0.25) is 0 Å². The van der Waals surface area contributed by atoms with Gasteiger partial charge < -0.3 is 0 Å². The minimum absolute atomic E-state index is 0.00550. The standard InChI is InChI=1S/C16H17NO4S2/c18-22(19,14-7-3-1-4-8-14)16-11-12-17(13-16)23(20,21)15-9-5-2-6-10-15/h1-10,16H,11-13H2. The molecule has 5 nitrogen and oxygen atoms in total. The predicted octanol–water partition coefficient (Wildman–Crippen LogP) is 1.92. The Morgan fingerprint density at radius 1 is 0.783 bits per heavy atom. The van der Waals surface area contributed by atoms with Crippen molar-refractivity contribution in [1.82, 2.24) is 4.31 Å². The van der Waals surface area contributed by atoms with Gasteiger partial charge in [-0.15, -0.1) is 0 Å². The average Bonchev–Trinajstić information content (AvgIpc) is 3.08. The van der Waals surface area contributed by atoms with Crippen molar-refractivity contribution in [3.8, 4) is 0 Å². The molecule has 0 spiro atoms. The second-order valence-electron chi connectivity index (χ2n) is 5.44. The van der Waals surface area contributed by atoms with Gasteiger partial charge in [-0.2, -0.15) is 4.31 Å². The molecule has 3 rings (SSSR count). The van der Waals surface area contributed by atoms with Crippen molar-refractivity contribution in [2.24, 2.45) is 0 Å². The number of sulfonamides is 1. The highest BCUT2D eigenvalue weighted by molar-refractivity contribution is 7.92. The molecule has 1 heterocycles. The van der Waals surface area contributed by atoms with Gasteiger partial charge in [0, 0.05) is 13.1 Å². The van der Waals surface area contributed by atoms with Crippen LogP contribution in [0.2, 0.25) is 0 Å². The van der Waals surface area contributed by atoms with Gasteiger partial charge in [-0.1, -0.05) is 36.4 Å². The number of hydrogen-bond acceptors (Lipinski definition) is 4. The molecule has 1 saturated heterocycles. The molecular formula is C16H17NO4S2. The zero-order valence-corrected chi connectivity index (χ0v) is 14.0. The Morgan fingerprint density at radius 3 is 1.87 bits per heavy atom. The summed E-state index contributed by atoms with van der Waals surface area (Å²) >= 11 is 0. The van der Waals surface area contributed by atoms with Crippen LogP contribution in [0.3, 0.4) is 0 Å². The Labute approximate surface area is 136 Å². The maximum Gasteiger partial charge on any atom is 0.243 e. The molecule has 7 heteroatoms. The van der Waals surface area contributed by atoms with E-state index in [0.717, 1.165) is 0 Å². The van der Waals surface area contributed by atoms with Crippen molar-refractivity contribution >= 4 is 19.9 Å². The normalized spacial score (nSPS) is 19.7. The molecule has 1 aliphatic heterocycles. The summed E-state index contributed by atoms with van der Waals surface area (Å²) in [6.45, 7) is 0.211. The molecule has 2 aromatic carbocycles. The number of hydrogen-bond donors (Lipinski definition) is 0. The summed E-state index contributed by atoms with van der Waals surface area (Å²) in [6.07, 6.45) is 0.309. The van der Waals surface area contributed by atoms with Crippen molar-refractivity contribution in [3.63, 3.8) is 0 Å². The number of benzene rings is 2. The highest BCUT2D eigenvalue weighted by Crippen LogP contribution is 2.27. The van der Waals surface area contributed by atoms with E-state index in [-0.39, 0.29) is 22.9 Å². The predicted molar refractivity (Wildman–Crippen MR) is 87.2 cm³/mol. The first-order chi connectivity index (χ1) is 10.9. The molecule has 0 N–H and O–H groups in total. The molecule has 1 atom stereocenters. The fraction of sp³-hybridized carbons (Fsp3) is 0.250. The molecule has 0 radical (unpaired) electrons. The van der Waals surface area contributed by atoms with Gasteiger partial charge in [-0.05, 0) is 30.7 Å². The van der Waals surface area contributed by atoms with Gasteiger partial charge in [0.25, 0.3) is 0 Å². The third kappa shape index (κ3) is 3.04.